The molecule has 10 rings (SSSR count). The Morgan fingerprint density at radius 3 is 1.66 bits per heavy atom. The van der Waals surface area contributed by atoms with Crippen LogP contribution in [0.1, 0.15) is 0 Å². The van der Waals surface area contributed by atoms with E-state index in [-0.39, 0.29) is 0 Å². The number of aromatic nitrogens is 3. The van der Waals surface area contributed by atoms with E-state index in [0.717, 1.165) is 94.2 Å². The number of fused-ring (bicyclic) bond motifs is 6. The van der Waals surface area contributed by atoms with Gasteiger partial charge in [0.2, 0.25) is 0 Å². The molecule has 50 heavy (non-hydrogen) atoms. The van der Waals surface area contributed by atoms with Gasteiger partial charge in [-0.25, -0.2) is 9.97 Å². The Morgan fingerprint density at radius 1 is 0.340 bits per heavy atom. The summed E-state index contributed by atoms with van der Waals surface area (Å²) in [5, 5.41) is 4.37. The highest BCUT2D eigenvalue weighted by Crippen LogP contribution is 2.37. The zero-order chi connectivity index (χ0) is 33.0. The molecule has 0 saturated heterocycles. The summed E-state index contributed by atoms with van der Waals surface area (Å²) >= 11 is 0. The third-order valence-electron chi connectivity index (χ3n) is 9.41. The maximum Gasteiger partial charge on any atom is 0.160 e. The van der Waals surface area contributed by atoms with E-state index in [9.17, 15) is 0 Å². The first-order chi connectivity index (χ1) is 24.7. The van der Waals surface area contributed by atoms with Crippen LogP contribution in [0.2, 0.25) is 0 Å². The van der Waals surface area contributed by atoms with Crippen molar-refractivity contribution in [2.75, 3.05) is 0 Å². The Bertz CT molecular complexity index is 2850. The highest BCUT2D eigenvalue weighted by molar-refractivity contribution is 6.09. The molecule has 6 aromatic carbocycles. The summed E-state index contributed by atoms with van der Waals surface area (Å²) in [6.07, 6.45) is 3.66. The van der Waals surface area contributed by atoms with Crippen molar-refractivity contribution in [3.63, 3.8) is 0 Å². The zero-order valence-electron chi connectivity index (χ0n) is 26.7. The molecule has 0 amide bonds. The molecule has 5 heteroatoms. The van der Waals surface area contributed by atoms with Crippen LogP contribution in [0.15, 0.2) is 173 Å². The SMILES string of the molecule is c1ccc(-c2nc(-c3ccc(-c4cccnc4)cc3)cc(-c3ccc4c(c3)oc3ccc(-c5ccc6oc7ccccc7c6c5)cc34)n2)cc1. The monoisotopic (exact) mass is 641 g/mol. The normalized spacial score (nSPS) is 11.6. The van der Waals surface area contributed by atoms with Gasteiger partial charge in [-0.1, -0.05) is 97.1 Å². The minimum absolute atomic E-state index is 0.672. The quantitative estimate of drug-likeness (QED) is 0.187. The molecule has 0 N–H and O–H groups in total. The lowest BCUT2D eigenvalue weighted by Crippen LogP contribution is -1.96. The molecular weight excluding hydrogens is 615 g/mol. The van der Waals surface area contributed by atoms with E-state index >= 15 is 0 Å². The molecule has 4 heterocycles. The fraction of sp³-hybridized carbons (Fsp3) is 0. The van der Waals surface area contributed by atoms with Gasteiger partial charge in [0, 0.05) is 50.6 Å². The lowest BCUT2D eigenvalue weighted by molar-refractivity contribution is 0.668. The number of furan rings is 2. The van der Waals surface area contributed by atoms with Crippen molar-refractivity contribution in [2.24, 2.45) is 0 Å². The summed E-state index contributed by atoms with van der Waals surface area (Å²) in [6.45, 7) is 0. The molecular formula is C45H27N3O2. The van der Waals surface area contributed by atoms with E-state index in [2.05, 4.69) is 102 Å². The number of nitrogens with zero attached hydrogens (tertiary/aromatic N) is 3. The van der Waals surface area contributed by atoms with Gasteiger partial charge in [-0.2, -0.15) is 0 Å². The van der Waals surface area contributed by atoms with Gasteiger partial charge in [-0.15, -0.1) is 0 Å². The summed E-state index contributed by atoms with van der Waals surface area (Å²) in [5.74, 6) is 0.672. The number of benzene rings is 6. The number of rotatable bonds is 5. The number of pyridine rings is 1. The van der Waals surface area contributed by atoms with Gasteiger partial charge in [-0.05, 0) is 76.9 Å². The molecule has 0 spiro atoms. The van der Waals surface area contributed by atoms with Crippen molar-refractivity contribution < 1.29 is 8.83 Å². The Labute approximate surface area is 287 Å². The van der Waals surface area contributed by atoms with Crippen molar-refractivity contribution in [1.29, 1.82) is 0 Å². The molecule has 0 aliphatic rings. The van der Waals surface area contributed by atoms with Crippen LogP contribution in [0.5, 0.6) is 0 Å². The van der Waals surface area contributed by atoms with Crippen LogP contribution >= 0.6 is 0 Å². The molecule has 0 aliphatic carbocycles. The highest BCUT2D eigenvalue weighted by Gasteiger charge is 2.15. The van der Waals surface area contributed by atoms with E-state index in [4.69, 9.17) is 18.8 Å². The zero-order valence-corrected chi connectivity index (χ0v) is 26.7. The smallest absolute Gasteiger partial charge is 0.160 e. The lowest BCUT2D eigenvalue weighted by Gasteiger charge is -2.10. The molecule has 10 aromatic rings. The van der Waals surface area contributed by atoms with Gasteiger partial charge in [0.05, 0.1) is 11.4 Å². The van der Waals surface area contributed by atoms with Gasteiger partial charge in [-0.3, -0.25) is 4.98 Å². The first-order valence-electron chi connectivity index (χ1n) is 16.6. The van der Waals surface area contributed by atoms with Crippen LogP contribution in [0.3, 0.4) is 0 Å². The van der Waals surface area contributed by atoms with Crippen LogP contribution in [-0.2, 0) is 0 Å². The van der Waals surface area contributed by atoms with E-state index in [1.807, 2.05) is 60.8 Å². The molecule has 0 fully saturated rings. The minimum Gasteiger partial charge on any atom is -0.456 e. The van der Waals surface area contributed by atoms with Gasteiger partial charge >= 0.3 is 0 Å². The first-order valence-corrected chi connectivity index (χ1v) is 16.6. The molecule has 234 valence electrons. The van der Waals surface area contributed by atoms with Crippen LogP contribution < -0.4 is 0 Å². The summed E-state index contributed by atoms with van der Waals surface area (Å²) < 4.78 is 12.5. The van der Waals surface area contributed by atoms with Gasteiger partial charge in [0.15, 0.2) is 5.82 Å². The maximum absolute atomic E-state index is 6.44. The van der Waals surface area contributed by atoms with Crippen molar-refractivity contribution in [2.45, 2.75) is 0 Å². The second kappa shape index (κ2) is 11.4. The van der Waals surface area contributed by atoms with Crippen molar-refractivity contribution in [1.82, 2.24) is 15.0 Å². The number of hydrogen-bond donors (Lipinski definition) is 0. The molecule has 0 unspecified atom stereocenters. The molecule has 0 radical (unpaired) electrons. The van der Waals surface area contributed by atoms with E-state index in [1.165, 1.54) is 0 Å². The fourth-order valence-electron chi connectivity index (χ4n) is 6.85. The highest BCUT2D eigenvalue weighted by atomic mass is 16.3. The Morgan fingerprint density at radius 2 is 0.920 bits per heavy atom. The second-order valence-corrected chi connectivity index (χ2v) is 12.5. The third-order valence-corrected chi connectivity index (χ3v) is 9.41. The largest absolute Gasteiger partial charge is 0.456 e. The predicted octanol–water partition coefficient (Wildman–Crippen LogP) is 12.0. The number of hydrogen-bond acceptors (Lipinski definition) is 5. The van der Waals surface area contributed by atoms with Crippen LogP contribution in [0, 0.1) is 0 Å². The van der Waals surface area contributed by atoms with Crippen molar-refractivity contribution >= 4 is 43.9 Å². The molecule has 0 aliphatic heterocycles. The standard InChI is InChI=1S/C45H27N3O2/c1-2-7-30(8-3-1)45-47-39(29-14-12-28(13-15-29)34-9-6-22-46-27-34)26-40(48-45)33-16-19-36-38-24-32(18-21-43(38)50-44(36)25-33)31-17-20-42-37(23-31)35-10-4-5-11-41(35)49-42/h1-27H. The molecule has 0 atom stereocenters. The van der Waals surface area contributed by atoms with E-state index in [0.29, 0.717) is 5.82 Å². The predicted molar refractivity (Wildman–Crippen MR) is 202 cm³/mol. The lowest BCUT2D eigenvalue weighted by atomic mass is 10.00. The summed E-state index contributed by atoms with van der Waals surface area (Å²) in [4.78, 5) is 14.3. The van der Waals surface area contributed by atoms with Crippen LogP contribution in [0.25, 0.3) is 100 Å². The minimum atomic E-state index is 0.672. The maximum atomic E-state index is 6.44. The van der Waals surface area contributed by atoms with E-state index < -0.39 is 0 Å². The summed E-state index contributed by atoms with van der Waals surface area (Å²) in [7, 11) is 0. The fourth-order valence-corrected chi connectivity index (χ4v) is 6.85. The van der Waals surface area contributed by atoms with Gasteiger partial charge < -0.3 is 8.83 Å². The first kappa shape index (κ1) is 28.2. The molecule has 5 nitrogen and oxygen atoms in total. The topological polar surface area (TPSA) is 65.0 Å². The molecule has 0 saturated carbocycles. The molecule has 0 bridgehead atoms. The van der Waals surface area contributed by atoms with E-state index in [1.54, 1.807) is 6.20 Å². The average molecular weight is 642 g/mol. The third kappa shape index (κ3) is 4.83. The molecule has 4 aromatic heterocycles. The Kier molecular flexibility index (Phi) is 6.42. The van der Waals surface area contributed by atoms with Crippen LogP contribution in [-0.4, -0.2) is 15.0 Å². The van der Waals surface area contributed by atoms with Crippen molar-refractivity contribution in [3.05, 3.63) is 164 Å². The average Bonchev–Trinajstić information content (AvgIpc) is 3.75. The Hall–Kier alpha value is -6.85. The van der Waals surface area contributed by atoms with Crippen molar-refractivity contribution in [3.8, 4) is 56.2 Å². The Balaban J connectivity index is 1.05. The second-order valence-electron chi connectivity index (χ2n) is 12.5. The van der Waals surface area contributed by atoms with Gasteiger partial charge in [0.25, 0.3) is 0 Å². The number of para-hydroxylation sites is 1. The summed E-state index contributed by atoms with van der Waals surface area (Å²) in [5.41, 5.74) is 12.5. The van der Waals surface area contributed by atoms with Gasteiger partial charge in [0.1, 0.15) is 22.3 Å². The van der Waals surface area contributed by atoms with Crippen LogP contribution in [0.4, 0.5) is 0 Å². The summed E-state index contributed by atoms with van der Waals surface area (Å²) in [6, 6.07) is 52.0.